The van der Waals surface area contributed by atoms with Gasteiger partial charge in [0.15, 0.2) is 0 Å². The van der Waals surface area contributed by atoms with Crippen molar-refractivity contribution in [2.75, 3.05) is 18.4 Å². The molecule has 0 unspecified atom stereocenters. The molecule has 0 N–H and O–H groups in total. The van der Waals surface area contributed by atoms with E-state index >= 15 is 0 Å². The van der Waals surface area contributed by atoms with E-state index in [1.54, 1.807) is 48.3 Å². The van der Waals surface area contributed by atoms with Gasteiger partial charge in [-0.25, -0.2) is 8.42 Å². The Hall–Kier alpha value is -3.12. The molecule has 0 spiro atoms. The average Bonchev–Trinajstić information content (AvgIpc) is 2.78. The van der Waals surface area contributed by atoms with Crippen molar-refractivity contribution in [1.29, 1.82) is 0 Å². The molecule has 0 saturated carbocycles. The summed E-state index contributed by atoms with van der Waals surface area (Å²) < 4.78 is 27.0. The fourth-order valence-electron chi connectivity index (χ4n) is 3.04. The van der Waals surface area contributed by atoms with Gasteiger partial charge in [-0.15, -0.1) is 0 Å². The number of nitrogens with zero attached hydrogens (tertiary/aromatic N) is 2. The van der Waals surface area contributed by atoms with E-state index in [0.717, 1.165) is 5.56 Å². The van der Waals surface area contributed by atoms with Crippen molar-refractivity contribution in [2.24, 2.45) is 0 Å². The van der Waals surface area contributed by atoms with E-state index in [1.807, 2.05) is 43.3 Å². The first-order valence-electron chi connectivity index (χ1n) is 9.28. The molecule has 0 heterocycles. The molecule has 5 nitrogen and oxygen atoms in total. The molecular weight excluding hydrogens is 384 g/mol. The Labute approximate surface area is 172 Å². The maximum Gasteiger partial charge on any atom is 0.264 e. The summed E-state index contributed by atoms with van der Waals surface area (Å²) in [7, 11) is -0.449. The molecule has 6 heteroatoms. The lowest BCUT2D eigenvalue weighted by molar-refractivity contribution is 0.0742. The van der Waals surface area contributed by atoms with Crippen molar-refractivity contribution in [3.63, 3.8) is 0 Å². The smallest absolute Gasteiger partial charge is 0.264 e. The Kier molecular flexibility index (Phi) is 6.03. The molecule has 1 atom stereocenters. The lowest BCUT2D eigenvalue weighted by atomic mass is 10.1. The van der Waals surface area contributed by atoms with Crippen LogP contribution in [0.2, 0.25) is 0 Å². The van der Waals surface area contributed by atoms with Crippen molar-refractivity contribution < 1.29 is 13.2 Å². The number of rotatable bonds is 6. The number of carbonyl (C=O) groups is 1. The first-order chi connectivity index (χ1) is 13.8. The van der Waals surface area contributed by atoms with Gasteiger partial charge in [0.1, 0.15) is 0 Å². The summed E-state index contributed by atoms with van der Waals surface area (Å²) in [6.45, 7) is 1.96. The third-order valence-electron chi connectivity index (χ3n) is 5.06. The lowest BCUT2D eigenvalue weighted by Gasteiger charge is -2.25. The lowest BCUT2D eigenvalue weighted by Crippen LogP contribution is -2.30. The summed E-state index contributed by atoms with van der Waals surface area (Å²) in [5, 5.41) is 0. The van der Waals surface area contributed by atoms with Crippen LogP contribution in [-0.4, -0.2) is 33.3 Å². The Morgan fingerprint density at radius 3 is 1.86 bits per heavy atom. The summed E-state index contributed by atoms with van der Waals surface area (Å²) >= 11 is 0. The zero-order valence-corrected chi connectivity index (χ0v) is 17.5. The van der Waals surface area contributed by atoms with E-state index in [2.05, 4.69) is 0 Å². The first kappa shape index (κ1) is 20.6. The van der Waals surface area contributed by atoms with Crippen LogP contribution < -0.4 is 4.31 Å². The molecule has 0 aliphatic rings. The molecule has 3 aromatic rings. The second-order valence-corrected chi connectivity index (χ2v) is 8.80. The number of para-hydroxylation sites is 1. The van der Waals surface area contributed by atoms with Crippen molar-refractivity contribution in [3.05, 3.63) is 96.1 Å². The van der Waals surface area contributed by atoms with Crippen LogP contribution in [0, 0.1) is 0 Å². The van der Waals surface area contributed by atoms with Gasteiger partial charge >= 0.3 is 0 Å². The maximum absolute atomic E-state index is 12.9. The predicted octanol–water partition coefficient (Wildman–Crippen LogP) is 4.34. The zero-order chi connectivity index (χ0) is 21.0. The van der Waals surface area contributed by atoms with Crippen LogP contribution >= 0.6 is 0 Å². The van der Waals surface area contributed by atoms with E-state index < -0.39 is 10.0 Å². The van der Waals surface area contributed by atoms with Crippen LogP contribution in [0.15, 0.2) is 89.8 Å². The van der Waals surface area contributed by atoms with Gasteiger partial charge in [-0.05, 0) is 48.9 Å². The van der Waals surface area contributed by atoms with Crippen LogP contribution in [0.5, 0.6) is 0 Å². The molecular formula is C23H24N2O3S. The highest BCUT2D eigenvalue weighted by molar-refractivity contribution is 7.92. The maximum atomic E-state index is 12.9. The third-order valence-corrected chi connectivity index (χ3v) is 6.86. The molecule has 0 bridgehead atoms. The Morgan fingerprint density at radius 1 is 0.793 bits per heavy atom. The van der Waals surface area contributed by atoms with E-state index in [0.29, 0.717) is 11.3 Å². The van der Waals surface area contributed by atoms with Crippen molar-refractivity contribution in [2.45, 2.75) is 17.9 Å². The summed E-state index contributed by atoms with van der Waals surface area (Å²) in [6.07, 6.45) is 0. The van der Waals surface area contributed by atoms with Crippen molar-refractivity contribution in [1.82, 2.24) is 4.90 Å². The van der Waals surface area contributed by atoms with Gasteiger partial charge in [0.25, 0.3) is 15.9 Å². The van der Waals surface area contributed by atoms with Crippen LogP contribution in [0.25, 0.3) is 0 Å². The minimum Gasteiger partial charge on any atom is -0.335 e. The van der Waals surface area contributed by atoms with Crippen molar-refractivity contribution in [3.8, 4) is 0 Å². The number of sulfonamides is 1. The fraction of sp³-hybridized carbons (Fsp3) is 0.174. The predicted molar refractivity (Wildman–Crippen MR) is 115 cm³/mol. The summed E-state index contributed by atoms with van der Waals surface area (Å²) in [4.78, 5) is 14.6. The summed E-state index contributed by atoms with van der Waals surface area (Å²) in [5.74, 6) is -0.165. The number of benzene rings is 3. The number of hydrogen-bond donors (Lipinski definition) is 0. The third kappa shape index (κ3) is 4.32. The van der Waals surface area contributed by atoms with E-state index in [-0.39, 0.29) is 16.8 Å². The average molecular weight is 409 g/mol. The van der Waals surface area contributed by atoms with Gasteiger partial charge < -0.3 is 4.90 Å². The Morgan fingerprint density at radius 2 is 1.31 bits per heavy atom. The van der Waals surface area contributed by atoms with Crippen LogP contribution in [0.4, 0.5) is 5.69 Å². The SMILES string of the molecule is C[C@H](c1ccccc1)N(C)C(=O)c1ccc(S(=O)(=O)N(C)c2ccccc2)cc1. The highest BCUT2D eigenvalue weighted by Gasteiger charge is 2.23. The molecule has 0 aliphatic heterocycles. The highest BCUT2D eigenvalue weighted by atomic mass is 32.2. The Bertz CT molecular complexity index is 1070. The molecule has 150 valence electrons. The number of anilines is 1. The van der Waals surface area contributed by atoms with Gasteiger partial charge in [-0.2, -0.15) is 0 Å². The van der Waals surface area contributed by atoms with Crippen LogP contribution in [-0.2, 0) is 10.0 Å². The monoisotopic (exact) mass is 408 g/mol. The quantitative estimate of drug-likeness (QED) is 0.609. The van der Waals surface area contributed by atoms with Crippen LogP contribution in [0.1, 0.15) is 28.9 Å². The topological polar surface area (TPSA) is 57.7 Å². The molecule has 3 rings (SSSR count). The molecule has 0 fully saturated rings. The van der Waals surface area contributed by atoms with Gasteiger partial charge in [0.05, 0.1) is 16.6 Å². The molecule has 0 saturated heterocycles. The fourth-order valence-corrected chi connectivity index (χ4v) is 4.23. The molecule has 1 amide bonds. The molecule has 0 aromatic heterocycles. The minimum atomic E-state index is -3.71. The summed E-state index contributed by atoms with van der Waals surface area (Å²) in [6, 6.07) is 24.6. The zero-order valence-electron chi connectivity index (χ0n) is 16.7. The molecule has 0 aliphatic carbocycles. The number of hydrogen-bond acceptors (Lipinski definition) is 3. The molecule has 0 radical (unpaired) electrons. The first-order valence-corrected chi connectivity index (χ1v) is 10.7. The van der Waals surface area contributed by atoms with E-state index in [9.17, 15) is 13.2 Å². The highest BCUT2D eigenvalue weighted by Crippen LogP contribution is 2.24. The summed E-state index contributed by atoms with van der Waals surface area (Å²) in [5.41, 5.74) is 2.05. The second kappa shape index (κ2) is 8.49. The standard InChI is InChI=1S/C23H24N2O3S/c1-18(19-10-6-4-7-11-19)24(2)23(26)20-14-16-22(17-15-20)29(27,28)25(3)21-12-8-5-9-13-21/h4-18H,1-3H3/t18-/m1/s1. The van der Waals surface area contributed by atoms with Crippen molar-refractivity contribution >= 4 is 21.6 Å². The van der Waals surface area contributed by atoms with Gasteiger partial charge in [0.2, 0.25) is 0 Å². The molecule has 3 aromatic carbocycles. The number of carbonyl (C=O) groups excluding carboxylic acids is 1. The minimum absolute atomic E-state index is 0.101. The Balaban J connectivity index is 1.80. The van der Waals surface area contributed by atoms with Gasteiger partial charge in [0, 0.05) is 19.7 Å². The second-order valence-electron chi connectivity index (χ2n) is 6.84. The largest absolute Gasteiger partial charge is 0.335 e. The van der Waals surface area contributed by atoms with Crippen LogP contribution in [0.3, 0.4) is 0 Å². The number of amides is 1. The normalized spacial score (nSPS) is 12.2. The van der Waals surface area contributed by atoms with Gasteiger partial charge in [-0.3, -0.25) is 9.10 Å². The molecule has 29 heavy (non-hydrogen) atoms. The van der Waals surface area contributed by atoms with E-state index in [4.69, 9.17) is 0 Å². The van der Waals surface area contributed by atoms with E-state index in [1.165, 1.54) is 23.5 Å². The van der Waals surface area contributed by atoms with Gasteiger partial charge in [-0.1, -0.05) is 48.5 Å².